The van der Waals surface area contributed by atoms with Crippen LogP contribution < -0.4 is 4.90 Å². The molecule has 27 heavy (non-hydrogen) atoms. The molecule has 4 heteroatoms. The molecule has 3 aliphatic rings. The van der Waals surface area contributed by atoms with Crippen LogP contribution in [-0.4, -0.2) is 13.1 Å². The van der Waals surface area contributed by atoms with Crippen LogP contribution in [0.5, 0.6) is 0 Å². The van der Waals surface area contributed by atoms with Crippen LogP contribution in [-0.2, 0) is 24.0 Å². The van der Waals surface area contributed by atoms with Gasteiger partial charge in [-0.25, -0.2) is 0 Å². The minimum absolute atomic E-state index is 0.133. The zero-order chi connectivity index (χ0) is 18.8. The summed E-state index contributed by atoms with van der Waals surface area (Å²) in [7, 11) is 0. The van der Waals surface area contributed by atoms with Gasteiger partial charge >= 0.3 is 0 Å². The van der Waals surface area contributed by atoms with E-state index in [-0.39, 0.29) is 5.57 Å². The zero-order valence-corrected chi connectivity index (χ0v) is 15.7. The minimum atomic E-state index is 0.133. The van der Waals surface area contributed by atoms with Gasteiger partial charge in [0.1, 0.15) is 29.2 Å². The first kappa shape index (κ1) is 17.4. The lowest BCUT2D eigenvalue weighted by atomic mass is 9.89. The molecule has 1 aromatic rings. The topological polar surface area (TPSA) is 60.0 Å². The number of aryl methyl sites for hydroxylation is 3. The third-order valence-corrected chi connectivity index (χ3v) is 5.53. The zero-order valence-electron chi connectivity index (χ0n) is 15.7. The summed E-state index contributed by atoms with van der Waals surface area (Å²) in [4.78, 5) is 2.56. The monoisotopic (exact) mass is 357 g/mol. The molecular formula is C23H23N3O. The van der Waals surface area contributed by atoms with Crippen LogP contribution in [0.1, 0.15) is 42.9 Å². The Morgan fingerprint density at radius 3 is 2.33 bits per heavy atom. The van der Waals surface area contributed by atoms with Crippen LogP contribution in [0, 0.1) is 22.7 Å². The predicted molar refractivity (Wildman–Crippen MR) is 105 cm³/mol. The van der Waals surface area contributed by atoms with E-state index < -0.39 is 0 Å². The summed E-state index contributed by atoms with van der Waals surface area (Å²) >= 11 is 0. The number of rotatable bonds is 3. The molecule has 136 valence electrons. The van der Waals surface area contributed by atoms with E-state index in [4.69, 9.17) is 15.3 Å². The molecule has 0 saturated heterocycles. The molecule has 0 fully saturated rings. The number of benzene rings is 1. The SMILES string of the molecule is CC1=CC(=C(C#N)C#N)C=C(CCc2cc3c4c(c2)CCCN4CCC3)O1. The molecule has 0 aromatic heterocycles. The highest BCUT2D eigenvalue weighted by Crippen LogP contribution is 2.36. The van der Waals surface area contributed by atoms with Gasteiger partial charge in [0.15, 0.2) is 0 Å². The maximum Gasteiger partial charge on any atom is 0.137 e. The third kappa shape index (κ3) is 3.49. The number of ether oxygens (including phenoxy) is 1. The second-order valence-electron chi connectivity index (χ2n) is 7.48. The number of anilines is 1. The van der Waals surface area contributed by atoms with Crippen molar-refractivity contribution in [3.8, 4) is 12.1 Å². The lowest BCUT2D eigenvalue weighted by Gasteiger charge is -2.37. The highest BCUT2D eigenvalue weighted by molar-refractivity contribution is 5.64. The highest BCUT2D eigenvalue weighted by atomic mass is 16.5. The number of allylic oxidation sites excluding steroid dienone is 6. The molecule has 0 aliphatic carbocycles. The molecule has 0 spiro atoms. The third-order valence-electron chi connectivity index (χ3n) is 5.53. The fourth-order valence-corrected chi connectivity index (χ4v) is 4.41. The van der Waals surface area contributed by atoms with Crippen molar-refractivity contribution in [2.45, 2.75) is 45.4 Å². The van der Waals surface area contributed by atoms with E-state index in [0.717, 1.165) is 24.4 Å². The van der Waals surface area contributed by atoms with Gasteiger partial charge in [-0.1, -0.05) is 12.1 Å². The first-order chi connectivity index (χ1) is 13.2. The van der Waals surface area contributed by atoms with Gasteiger partial charge in [-0.3, -0.25) is 0 Å². The Bertz CT molecular complexity index is 906. The lowest BCUT2D eigenvalue weighted by Crippen LogP contribution is -2.34. The molecule has 4 rings (SSSR count). The molecule has 0 bridgehead atoms. The van der Waals surface area contributed by atoms with Crippen LogP contribution in [0.15, 0.2) is 46.9 Å². The average Bonchev–Trinajstić information content (AvgIpc) is 2.67. The Morgan fingerprint density at radius 2 is 1.70 bits per heavy atom. The van der Waals surface area contributed by atoms with Crippen molar-refractivity contribution in [3.63, 3.8) is 0 Å². The molecule has 4 nitrogen and oxygen atoms in total. The molecule has 0 saturated carbocycles. The Morgan fingerprint density at radius 1 is 1.04 bits per heavy atom. The quantitative estimate of drug-likeness (QED) is 0.748. The molecule has 0 unspecified atom stereocenters. The Balaban J connectivity index is 1.55. The normalized spacial score (nSPS) is 17.7. The number of nitrogens with zero attached hydrogens (tertiary/aromatic N) is 3. The summed E-state index contributed by atoms with van der Waals surface area (Å²) in [6, 6.07) is 8.67. The Hall–Kier alpha value is -2.98. The molecule has 0 radical (unpaired) electrons. The molecule has 0 amide bonds. The van der Waals surface area contributed by atoms with Gasteiger partial charge in [-0.05, 0) is 67.9 Å². The van der Waals surface area contributed by atoms with Crippen molar-refractivity contribution in [2.24, 2.45) is 0 Å². The Labute approximate surface area is 160 Å². The van der Waals surface area contributed by atoms with Gasteiger partial charge in [0.2, 0.25) is 0 Å². The molecule has 3 heterocycles. The van der Waals surface area contributed by atoms with Crippen LogP contribution in [0.3, 0.4) is 0 Å². The summed E-state index contributed by atoms with van der Waals surface area (Å²) in [5.74, 6) is 1.54. The highest BCUT2D eigenvalue weighted by Gasteiger charge is 2.24. The minimum Gasteiger partial charge on any atom is -0.466 e. The van der Waals surface area contributed by atoms with Gasteiger partial charge in [-0.2, -0.15) is 10.5 Å². The molecule has 0 N–H and O–H groups in total. The van der Waals surface area contributed by atoms with Crippen LogP contribution >= 0.6 is 0 Å². The number of nitriles is 2. The van der Waals surface area contributed by atoms with E-state index in [1.807, 2.05) is 25.1 Å². The van der Waals surface area contributed by atoms with Gasteiger partial charge in [0.25, 0.3) is 0 Å². The van der Waals surface area contributed by atoms with Crippen molar-refractivity contribution >= 4 is 5.69 Å². The van der Waals surface area contributed by atoms with Crippen molar-refractivity contribution in [1.29, 1.82) is 10.5 Å². The van der Waals surface area contributed by atoms with E-state index in [2.05, 4.69) is 17.0 Å². The first-order valence-corrected chi connectivity index (χ1v) is 9.69. The van der Waals surface area contributed by atoms with Crippen LogP contribution in [0.4, 0.5) is 5.69 Å². The molecule has 1 aromatic carbocycles. The standard InChI is InChI=1S/C23H23N3O/c1-16-10-20(21(14-24)15-25)13-22(27-16)7-6-17-11-18-4-2-8-26-9-3-5-19(12-17)23(18)26/h10-13H,2-9H2,1H3. The van der Waals surface area contributed by atoms with Crippen molar-refractivity contribution in [2.75, 3.05) is 18.0 Å². The summed E-state index contributed by atoms with van der Waals surface area (Å²) in [5.41, 5.74) is 6.64. The number of hydrogen-bond donors (Lipinski definition) is 0. The second kappa shape index (κ2) is 7.33. The average molecular weight is 357 g/mol. The second-order valence-corrected chi connectivity index (χ2v) is 7.48. The summed E-state index contributed by atoms with van der Waals surface area (Å²) in [5, 5.41) is 18.2. The van der Waals surface area contributed by atoms with Gasteiger partial charge in [0, 0.05) is 30.8 Å². The smallest absolute Gasteiger partial charge is 0.137 e. The fourth-order valence-electron chi connectivity index (χ4n) is 4.41. The van der Waals surface area contributed by atoms with E-state index in [1.165, 1.54) is 61.2 Å². The van der Waals surface area contributed by atoms with E-state index in [0.29, 0.717) is 5.57 Å². The van der Waals surface area contributed by atoms with Crippen LogP contribution in [0.2, 0.25) is 0 Å². The van der Waals surface area contributed by atoms with Crippen LogP contribution in [0.25, 0.3) is 0 Å². The Kier molecular flexibility index (Phi) is 4.73. The molecule has 3 aliphatic heterocycles. The van der Waals surface area contributed by atoms with Gasteiger partial charge < -0.3 is 9.64 Å². The lowest BCUT2D eigenvalue weighted by molar-refractivity contribution is 0.287. The molecule has 0 atom stereocenters. The first-order valence-electron chi connectivity index (χ1n) is 9.69. The number of hydrogen-bond acceptors (Lipinski definition) is 4. The van der Waals surface area contributed by atoms with Gasteiger partial charge in [-0.15, -0.1) is 0 Å². The fraction of sp³-hybridized carbons (Fsp3) is 0.391. The van der Waals surface area contributed by atoms with E-state index in [9.17, 15) is 0 Å². The van der Waals surface area contributed by atoms with E-state index >= 15 is 0 Å². The van der Waals surface area contributed by atoms with E-state index in [1.54, 1.807) is 6.08 Å². The maximum atomic E-state index is 9.12. The van der Waals surface area contributed by atoms with Gasteiger partial charge in [0.05, 0.1) is 0 Å². The van der Waals surface area contributed by atoms with Crippen molar-refractivity contribution in [3.05, 3.63) is 63.6 Å². The predicted octanol–water partition coefficient (Wildman–Crippen LogP) is 4.48. The summed E-state index contributed by atoms with van der Waals surface area (Å²) in [6.07, 6.45) is 10.1. The summed E-state index contributed by atoms with van der Waals surface area (Å²) in [6.45, 7) is 4.25. The molecular weight excluding hydrogens is 334 g/mol. The van der Waals surface area contributed by atoms with Crippen molar-refractivity contribution < 1.29 is 4.74 Å². The van der Waals surface area contributed by atoms with Crippen molar-refractivity contribution in [1.82, 2.24) is 0 Å². The summed E-state index contributed by atoms with van der Waals surface area (Å²) < 4.78 is 5.84. The largest absolute Gasteiger partial charge is 0.466 e. The maximum absolute atomic E-state index is 9.12.